The number of halogens is 3. The molecule has 8 nitrogen and oxygen atoms in total. The summed E-state index contributed by atoms with van der Waals surface area (Å²) in [5.74, 6) is -0.344. The molecule has 1 aromatic carbocycles. The molecule has 0 aliphatic carbocycles. The van der Waals surface area contributed by atoms with Crippen molar-refractivity contribution in [3.63, 3.8) is 0 Å². The topological polar surface area (TPSA) is 132 Å². The van der Waals surface area contributed by atoms with Crippen LogP contribution in [0.2, 0.25) is 0 Å². The molecule has 142 valence electrons. The average molecular weight is 423 g/mol. The van der Waals surface area contributed by atoms with Crippen molar-refractivity contribution in [2.75, 3.05) is 11.5 Å². The number of hydrogen-bond donors (Lipinski definition) is 2. The van der Waals surface area contributed by atoms with Gasteiger partial charge in [0.2, 0.25) is 15.2 Å². The smallest absolute Gasteiger partial charge is 0.480 e. The van der Waals surface area contributed by atoms with Crippen LogP contribution < -0.4 is 4.18 Å². The number of benzene rings is 1. The molecule has 1 fully saturated rings. The molecule has 0 atom stereocenters. The number of sulfonamides is 1. The Morgan fingerprint density at radius 2 is 1.52 bits per heavy atom. The molecule has 0 unspecified atom stereocenters. The predicted octanol–water partition coefficient (Wildman–Crippen LogP) is 1.72. The van der Waals surface area contributed by atoms with Crippen molar-refractivity contribution in [2.24, 2.45) is 0 Å². The SMILES string of the molecule is O=S(=O)([N-]S(=O)(=O)C(F)(F)F)Oc1cc(O)c([S+]2CCCC2)c(O)c1. The first-order valence-electron chi connectivity index (χ1n) is 6.56. The predicted molar refractivity (Wildman–Crippen MR) is 82.3 cm³/mol. The van der Waals surface area contributed by atoms with Crippen LogP contribution in [-0.4, -0.2) is 44.1 Å². The molecule has 25 heavy (non-hydrogen) atoms. The fourth-order valence-corrected chi connectivity index (χ4v) is 6.26. The van der Waals surface area contributed by atoms with Crippen molar-refractivity contribution in [3.05, 3.63) is 16.3 Å². The summed E-state index contributed by atoms with van der Waals surface area (Å²) < 4.78 is 86.7. The second-order valence-electron chi connectivity index (χ2n) is 4.91. The van der Waals surface area contributed by atoms with Gasteiger partial charge in [0, 0.05) is 23.0 Å². The maximum Gasteiger partial charge on any atom is 0.480 e. The Hall–Kier alpha value is -1.38. The molecule has 0 spiro atoms. The van der Waals surface area contributed by atoms with E-state index in [0.717, 1.165) is 36.5 Å². The third kappa shape index (κ3) is 4.62. The maximum absolute atomic E-state index is 12.2. The number of alkyl halides is 3. The molecular formula is C11H12F3NO7S3. The lowest BCUT2D eigenvalue weighted by Gasteiger charge is -2.22. The monoisotopic (exact) mass is 423 g/mol. The molecule has 0 amide bonds. The van der Waals surface area contributed by atoms with Gasteiger partial charge in [-0.25, -0.2) is 16.8 Å². The zero-order valence-corrected chi connectivity index (χ0v) is 14.7. The van der Waals surface area contributed by atoms with Crippen LogP contribution in [-0.2, 0) is 31.2 Å². The minimum absolute atomic E-state index is 0.196. The quantitative estimate of drug-likeness (QED) is 0.689. The molecule has 1 aliphatic rings. The van der Waals surface area contributed by atoms with E-state index in [4.69, 9.17) is 0 Å². The average Bonchev–Trinajstić information content (AvgIpc) is 2.87. The molecule has 1 aromatic rings. The Morgan fingerprint density at radius 1 is 1.04 bits per heavy atom. The summed E-state index contributed by atoms with van der Waals surface area (Å²) in [4.78, 5) is 0.196. The van der Waals surface area contributed by atoms with E-state index in [2.05, 4.69) is 4.18 Å². The van der Waals surface area contributed by atoms with Crippen LogP contribution in [0.3, 0.4) is 0 Å². The van der Waals surface area contributed by atoms with Gasteiger partial charge in [-0.3, -0.25) is 0 Å². The summed E-state index contributed by atoms with van der Waals surface area (Å²) in [5, 5.41) is 19.9. The maximum atomic E-state index is 12.2. The van der Waals surface area contributed by atoms with Crippen molar-refractivity contribution >= 4 is 31.2 Å². The van der Waals surface area contributed by atoms with E-state index in [-0.39, 0.29) is 4.90 Å². The number of phenolic OH excluding ortho intramolecular Hbond substituents is 2. The second kappa shape index (κ2) is 6.74. The lowest BCUT2D eigenvalue weighted by atomic mass is 10.3. The van der Waals surface area contributed by atoms with Gasteiger partial charge in [-0.05, 0) is 12.8 Å². The van der Waals surface area contributed by atoms with Gasteiger partial charge < -0.3 is 18.5 Å². The highest BCUT2D eigenvalue weighted by Crippen LogP contribution is 2.41. The highest BCUT2D eigenvalue weighted by Gasteiger charge is 2.41. The molecule has 2 N–H and O–H groups in total. The van der Waals surface area contributed by atoms with Gasteiger partial charge in [0.05, 0.1) is 0 Å². The number of aromatic hydroxyl groups is 2. The molecule has 0 aromatic heterocycles. The zero-order chi connectivity index (χ0) is 19.0. The molecule has 1 saturated heterocycles. The Balaban J connectivity index is 2.25. The van der Waals surface area contributed by atoms with Gasteiger partial charge in [0.1, 0.15) is 17.3 Å². The van der Waals surface area contributed by atoms with Crippen molar-refractivity contribution in [2.45, 2.75) is 23.2 Å². The molecule has 0 bridgehead atoms. The molecule has 0 radical (unpaired) electrons. The van der Waals surface area contributed by atoms with Crippen LogP contribution in [0.25, 0.3) is 4.13 Å². The fourth-order valence-electron chi connectivity index (χ4n) is 2.08. The van der Waals surface area contributed by atoms with E-state index in [0.29, 0.717) is 0 Å². The van der Waals surface area contributed by atoms with Crippen LogP contribution in [0.4, 0.5) is 13.2 Å². The number of nitrogens with zero attached hydrogens (tertiary/aromatic N) is 1. The third-order valence-corrected chi connectivity index (χ3v) is 8.09. The van der Waals surface area contributed by atoms with Crippen LogP contribution >= 0.6 is 0 Å². The first-order valence-corrected chi connectivity index (χ1v) is 10.9. The van der Waals surface area contributed by atoms with Gasteiger partial charge in [0.15, 0.2) is 21.5 Å². The Bertz CT molecular complexity index is 838. The highest BCUT2D eigenvalue weighted by molar-refractivity contribution is 8.10. The van der Waals surface area contributed by atoms with Gasteiger partial charge in [-0.1, -0.05) is 0 Å². The number of phenols is 2. The normalized spacial score (nSPS) is 16.9. The number of rotatable bonds is 5. The van der Waals surface area contributed by atoms with Gasteiger partial charge in [0.25, 0.3) is 0 Å². The van der Waals surface area contributed by atoms with E-state index >= 15 is 0 Å². The first-order chi connectivity index (χ1) is 11.3. The van der Waals surface area contributed by atoms with E-state index in [1.54, 1.807) is 4.13 Å². The summed E-state index contributed by atoms with van der Waals surface area (Å²) in [5.41, 5.74) is -5.92. The van der Waals surface area contributed by atoms with Gasteiger partial charge in [-0.2, -0.15) is 13.2 Å². The Morgan fingerprint density at radius 3 is 1.96 bits per heavy atom. The van der Waals surface area contributed by atoms with Crippen molar-refractivity contribution < 1.29 is 44.4 Å². The highest BCUT2D eigenvalue weighted by atomic mass is 32.3. The van der Waals surface area contributed by atoms with E-state index in [9.17, 15) is 40.2 Å². The van der Waals surface area contributed by atoms with Crippen molar-refractivity contribution in [3.8, 4) is 17.2 Å². The van der Waals surface area contributed by atoms with Crippen LogP contribution in [0.1, 0.15) is 12.8 Å². The Labute approximate surface area is 144 Å². The molecule has 14 heteroatoms. The summed E-state index contributed by atoms with van der Waals surface area (Å²) in [6.45, 7) is 0. The van der Waals surface area contributed by atoms with Crippen molar-refractivity contribution in [1.29, 1.82) is 0 Å². The molecular weight excluding hydrogens is 411 g/mol. The zero-order valence-electron chi connectivity index (χ0n) is 12.2. The molecule has 0 saturated carbocycles. The number of hydrogen-bond acceptors (Lipinski definition) is 7. The molecule has 1 heterocycles. The van der Waals surface area contributed by atoms with E-state index in [1.165, 1.54) is 0 Å². The Kier molecular flexibility index (Phi) is 5.37. The van der Waals surface area contributed by atoms with Crippen LogP contribution in [0, 0.1) is 0 Å². The van der Waals surface area contributed by atoms with Crippen LogP contribution in [0.15, 0.2) is 17.0 Å². The third-order valence-electron chi connectivity index (χ3n) is 3.03. The summed E-state index contributed by atoms with van der Waals surface area (Å²) in [6, 6.07) is 1.52. The standard InChI is InChI=1S/C11H12F3NO7S3/c12-11(13,14)24(18,19)15-25(20,21)22-7-5-8(16)10(9(17)6-7)23-3-1-2-4-23/h5-6,16-17H,1-4H2. The largest absolute Gasteiger partial charge is 0.503 e. The molecule has 2 rings (SSSR count). The van der Waals surface area contributed by atoms with E-state index < -0.39 is 54.0 Å². The summed E-state index contributed by atoms with van der Waals surface area (Å²) >= 11 is 0. The van der Waals surface area contributed by atoms with Crippen molar-refractivity contribution in [1.82, 2.24) is 0 Å². The summed E-state index contributed by atoms with van der Waals surface area (Å²) in [6.07, 6.45) is 1.78. The lowest BCUT2D eigenvalue weighted by molar-refractivity contribution is -0.0425. The van der Waals surface area contributed by atoms with Crippen LogP contribution in [0.5, 0.6) is 17.2 Å². The van der Waals surface area contributed by atoms with Gasteiger partial charge in [-0.15, -0.1) is 0 Å². The molecule has 1 aliphatic heterocycles. The first kappa shape index (κ1) is 19.9. The minimum Gasteiger partial charge on any atom is -0.503 e. The summed E-state index contributed by atoms with van der Waals surface area (Å²) in [7, 11) is -12.3. The van der Waals surface area contributed by atoms with E-state index in [1.807, 2.05) is 0 Å². The lowest BCUT2D eigenvalue weighted by Crippen LogP contribution is -2.25. The second-order valence-corrected chi connectivity index (χ2v) is 10.1. The van der Waals surface area contributed by atoms with Gasteiger partial charge >= 0.3 is 5.51 Å². The fraction of sp³-hybridized carbons (Fsp3) is 0.455. The minimum atomic E-state index is -6.33.